The Labute approximate surface area is 122 Å². The fraction of sp³-hybridized carbons (Fsp3) is 0.765. The third kappa shape index (κ3) is 4.32. The average molecular weight is 279 g/mol. The molecule has 1 aromatic rings. The quantitative estimate of drug-likeness (QED) is 0.747. The first-order chi connectivity index (χ1) is 9.20. The summed E-state index contributed by atoms with van der Waals surface area (Å²) in [7, 11) is 0. The van der Waals surface area contributed by atoms with E-state index in [4.69, 9.17) is 0 Å². The van der Waals surface area contributed by atoms with Gasteiger partial charge in [-0.15, -0.1) is 11.3 Å². The second-order valence-electron chi connectivity index (χ2n) is 6.31. The molecule has 0 aromatic carbocycles. The molecule has 1 fully saturated rings. The highest BCUT2D eigenvalue weighted by molar-refractivity contribution is 7.10. The molecule has 0 amide bonds. The molecule has 0 spiro atoms. The van der Waals surface area contributed by atoms with Crippen molar-refractivity contribution in [2.75, 3.05) is 0 Å². The van der Waals surface area contributed by atoms with Gasteiger partial charge in [-0.05, 0) is 54.5 Å². The summed E-state index contributed by atoms with van der Waals surface area (Å²) in [4.78, 5) is 1.55. The second-order valence-corrected chi connectivity index (χ2v) is 7.31. The molecule has 0 radical (unpaired) electrons. The Kier molecular flexibility index (Phi) is 5.90. The number of nitrogens with one attached hydrogen (secondary N) is 1. The van der Waals surface area contributed by atoms with E-state index in [9.17, 15) is 0 Å². The van der Waals surface area contributed by atoms with Crippen molar-refractivity contribution in [2.45, 2.75) is 71.9 Å². The Morgan fingerprint density at radius 3 is 2.84 bits per heavy atom. The predicted molar refractivity (Wildman–Crippen MR) is 85.7 cm³/mol. The lowest BCUT2D eigenvalue weighted by Gasteiger charge is -2.19. The zero-order valence-electron chi connectivity index (χ0n) is 12.7. The van der Waals surface area contributed by atoms with Gasteiger partial charge in [-0.3, -0.25) is 0 Å². The minimum Gasteiger partial charge on any atom is -0.309 e. The van der Waals surface area contributed by atoms with Gasteiger partial charge < -0.3 is 5.32 Å². The smallest absolute Gasteiger partial charge is 0.0305 e. The van der Waals surface area contributed by atoms with Crippen LogP contribution in [-0.2, 0) is 13.0 Å². The normalized spacial score (nSPS) is 24.6. The van der Waals surface area contributed by atoms with Gasteiger partial charge in [0.15, 0.2) is 0 Å². The first kappa shape index (κ1) is 15.1. The molecule has 1 heterocycles. The van der Waals surface area contributed by atoms with Crippen LogP contribution in [0.1, 0.15) is 63.3 Å². The number of hydrogen-bond donors (Lipinski definition) is 1. The van der Waals surface area contributed by atoms with Crippen molar-refractivity contribution in [1.29, 1.82) is 0 Å². The third-order valence-corrected chi connectivity index (χ3v) is 5.69. The van der Waals surface area contributed by atoms with Gasteiger partial charge in [0.1, 0.15) is 0 Å². The predicted octanol–water partition coefficient (Wildman–Crippen LogP) is 5.01. The van der Waals surface area contributed by atoms with E-state index in [-0.39, 0.29) is 0 Å². The van der Waals surface area contributed by atoms with E-state index >= 15 is 0 Å². The van der Waals surface area contributed by atoms with Gasteiger partial charge in [-0.2, -0.15) is 0 Å². The summed E-state index contributed by atoms with van der Waals surface area (Å²) in [6.07, 6.45) is 8.17. The fourth-order valence-electron chi connectivity index (χ4n) is 3.28. The van der Waals surface area contributed by atoms with Crippen LogP contribution in [0.25, 0.3) is 0 Å². The summed E-state index contributed by atoms with van der Waals surface area (Å²) < 4.78 is 0. The maximum absolute atomic E-state index is 3.81. The van der Waals surface area contributed by atoms with Gasteiger partial charge >= 0.3 is 0 Å². The minimum atomic E-state index is 0.746. The Balaban J connectivity index is 1.80. The number of hydrogen-bond acceptors (Lipinski definition) is 2. The molecule has 0 bridgehead atoms. The monoisotopic (exact) mass is 279 g/mol. The summed E-state index contributed by atoms with van der Waals surface area (Å²) in [5, 5.41) is 6.04. The van der Waals surface area contributed by atoms with Crippen molar-refractivity contribution in [1.82, 2.24) is 5.32 Å². The van der Waals surface area contributed by atoms with E-state index in [0.29, 0.717) is 0 Å². The molecular weight excluding hydrogens is 250 g/mol. The highest BCUT2D eigenvalue weighted by atomic mass is 32.1. The van der Waals surface area contributed by atoms with Crippen molar-refractivity contribution in [3.63, 3.8) is 0 Å². The Morgan fingerprint density at radius 1 is 1.26 bits per heavy atom. The highest BCUT2D eigenvalue weighted by Gasteiger charge is 2.20. The molecule has 19 heavy (non-hydrogen) atoms. The molecule has 2 unspecified atom stereocenters. The van der Waals surface area contributed by atoms with Crippen molar-refractivity contribution in [3.8, 4) is 0 Å². The Morgan fingerprint density at radius 2 is 2.11 bits per heavy atom. The topological polar surface area (TPSA) is 12.0 Å². The van der Waals surface area contributed by atoms with E-state index in [1.165, 1.54) is 44.1 Å². The molecule has 2 heteroatoms. The standard InChI is InChI=1S/C17H29NS/c1-4-14-10-11-19-17(14)12-18-16-7-5-6-15(8-9-16)13(2)3/h10-11,13,15-16,18H,4-9,12H2,1-3H3. The van der Waals surface area contributed by atoms with Crippen molar-refractivity contribution in [3.05, 3.63) is 21.9 Å². The van der Waals surface area contributed by atoms with E-state index in [2.05, 4.69) is 37.5 Å². The lowest BCUT2D eigenvalue weighted by atomic mass is 9.89. The van der Waals surface area contributed by atoms with Crippen molar-refractivity contribution < 1.29 is 0 Å². The number of thiophene rings is 1. The summed E-state index contributed by atoms with van der Waals surface area (Å²) >= 11 is 1.91. The van der Waals surface area contributed by atoms with E-state index in [1.807, 2.05) is 11.3 Å². The second kappa shape index (κ2) is 7.44. The SMILES string of the molecule is CCc1ccsc1CNC1CCCC(C(C)C)CC1. The van der Waals surface area contributed by atoms with Crippen LogP contribution < -0.4 is 5.32 Å². The van der Waals surface area contributed by atoms with Gasteiger partial charge in [0.2, 0.25) is 0 Å². The molecular formula is C17H29NS. The summed E-state index contributed by atoms with van der Waals surface area (Å²) in [6.45, 7) is 8.11. The van der Waals surface area contributed by atoms with Crippen LogP contribution in [0.4, 0.5) is 0 Å². The molecule has 1 N–H and O–H groups in total. The maximum atomic E-state index is 3.81. The molecule has 1 nitrogen and oxygen atoms in total. The van der Waals surface area contributed by atoms with Gasteiger partial charge in [-0.25, -0.2) is 0 Å². The first-order valence-electron chi connectivity index (χ1n) is 7.99. The molecule has 108 valence electrons. The molecule has 2 rings (SSSR count). The summed E-state index contributed by atoms with van der Waals surface area (Å²) in [6, 6.07) is 3.03. The molecule has 0 saturated heterocycles. The zero-order chi connectivity index (χ0) is 13.7. The minimum absolute atomic E-state index is 0.746. The van der Waals surface area contributed by atoms with E-state index in [0.717, 1.165) is 24.4 Å². The van der Waals surface area contributed by atoms with Crippen LogP contribution in [0.15, 0.2) is 11.4 Å². The van der Waals surface area contributed by atoms with Gasteiger partial charge in [0.05, 0.1) is 0 Å². The van der Waals surface area contributed by atoms with Crippen LogP contribution in [-0.4, -0.2) is 6.04 Å². The zero-order valence-corrected chi connectivity index (χ0v) is 13.6. The molecule has 1 saturated carbocycles. The summed E-state index contributed by atoms with van der Waals surface area (Å²) in [5.41, 5.74) is 1.53. The van der Waals surface area contributed by atoms with Crippen LogP contribution in [0, 0.1) is 11.8 Å². The maximum Gasteiger partial charge on any atom is 0.0305 e. The van der Waals surface area contributed by atoms with Crippen LogP contribution in [0.5, 0.6) is 0 Å². The van der Waals surface area contributed by atoms with Crippen LogP contribution >= 0.6 is 11.3 Å². The largest absolute Gasteiger partial charge is 0.309 e. The Bertz CT molecular complexity index is 369. The average Bonchev–Trinajstić information content (AvgIpc) is 2.72. The molecule has 1 aliphatic rings. The lowest BCUT2D eigenvalue weighted by Crippen LogP contribution is -2.28. The van der Waals surface area contributed by atoms with Crippen molar-refractivity contribution >= 4 is 11.3 Å². The fourth-order valence-corrected chi connectivity index (χ4v) is 4.20. The highest BCUT2D eigenvalue weighted by Crippen LogP contribution is 2.29. The lowest BCUT2D eigenvalue weighted by molar-refractivity contribution is 0.338. The van der Waals surface area contributed by atoms with Crippen LogP contribution in [0.3, 0.4) is 0 Å². The van der Waals surface area contributed by atoms with Gasteiger partial charge in [-0.1, -0.05) is 33.6 Å². The summed E-state index contributed by atoms with van der Waals surface area (Å²) in [5.74, 6) is 1.82. The third-order valence-electron chi connectivity index (χ3n) is 4.73. The number of rotatable bonds is 5. The molecule has 0 aliphatic heterocycles. The molecule has 2 atom stereocenters. The van der Waals surface area contributed by atoms with Crippen molar-refractivity contribution in [2.24, 2.45) is 11.8 Å². The van der Waals surface area contributed by atoms with Gasteiger partial charge in [0, 0.05) is 17.5 Å². The first-order valence-corrected chi connectivity index (χ1v) is 8.87. The van der Waals surface area contributed by atoms with E-state index < -0.39 is 0 Å². The van der Waals surface area contributed by atoms with E-state index in [1.54, 1.807) is 4.88 Å². The van der Waals surface area contributed by atoms with Crippen LogP contribution in [0.2, 0.25) is 0 Å². The molecule has 1 aliphatic carbocycles. The number of aryl methyl sites for hydroxylation is 1. The Hall–Kier alpha value is -0.340. The van der Waals surface area contributed by atoms with Gasteiger partial charge in [0.25, 0.3) is 0 Å². The molecule has 1 aromatic heterocycles.